The Morgan fingerprint density at radius 1 is 0.898 bits per heavy atom. The lowest BCUT2D eigenvalue weighted by atomic mass is 10.0. The van der Waals surface area contributed by atoms with Crippen molar-refractivity contribution in [2.45, 2.75) is 37.1 Å². The lowest BCUT2D eigenvalue weighted by Crippen LogP contribution is -2.54. The molecule has 0 radical (unpaired) electrons. The van der Waals surface area contributed by atoms with Gasteiger partial charge in [0.25, 0.3) is 0 Å². The first-order valence-corrected chi connectivity index (χ1v) is 16.9. The van der Waals surface area contributed by atoms with E-state index in [1.54, 1.807) is 12.1 Å². The number of halogens is 4. The average Bonchev–Trinajstić information content (AvgIpc) is 3.70. The molecule has 1 amide bonds. The van der Waals surface area contributed by atoms with E-state index < -0.39 is 23.2 Å². The molecular weight excluding hydrogens is 656 g/mol. The fourth-order valence-electron chi connectivity index (χ4n) is 5.96. The second-order valence-corrected chi connectivity index (χ2v) is 13.9. The van der Waals surface area contributed by atoms with Crippen LogP contribution in [0.5, 0.6) is 0 Å². The first kappa shape index (κ1) is 34.4. The zero-order valence-corrected chi connectivity index (χ0v) is 27.9. The summed E-state index contributed by atoms with van der Waals surface area (Å²) in [6, 6.07) is 19.1. The molecule has 49 heavy (non-hydrogen) atoms. The molecule has 1 fully saturated rings. The van der Waals surface area contributed by atoms with Gasteiger partial charge in [-0.25, -0.2) is 4.39 Å². The second-order valence-electron chi connectivity index (χ2n) is 12.8. The third-order valence-electron chi connectivity index (χ3n) is 8.70. The molecule has 2 aliphatic rings. The van der Waals surface area contributed by atoms with Crippen LogP contribution in [0.25, 0.3) is 11.1 Å². The number of allylic oxidation sites excluding steroid dienone is 2. The van der Waals surface area contributed by atoms with Gasteiger partial charge in [-0.05, 0) is 52.6 Å². The van der Waals surface area contributed by atoms with Crippen molar-refractivity contribution >= 4 is 17.7 Å². The number of nitrogens with zero attached hydrogens (tertiary/aromatic N) is 5. The summed E-state index contributed by atoms with van der Waals surface area (Å²) in [5.41, 5.74) is 3.08. The fourth-order valence-corrected chi connectivity index (χ4v) is 7.08. The minimum Gasteiger partial charge on any atom is -0.391 e. The van der Waals surface area contributed by atoms with Gasteiger partial charge in [-0.1, -0.05) is 60.7 Å². The molecule has 2 heterocycles. The largest absolute Gasteiger partial charge is 0.416 e. The number of benzene rings is 3. The smallest absolute Gasteiger partial charge is 0.391 e. The van der Waals surface area contributed by atoms with Crippen LogP contribution < -0.4 is 5.32 Å². The second kappa shape index (κ2) is 14.2. The molecule has 256 valence electrons. The number of quaternary nitrogens is 1. The van der Waals surface area contributed by atoms with E-state index in [9.17, 15) is 27.5 Å². The van der Waals surface area contributed by atoms with Crippen molar-refractivity contribution in [3.05, 3.63) is 131 Å². The number of carbonyl (C=O) groups is 1. The molecule has 1 aromatic heterocycles. The number of nitrogens with one attached hydrogen (secondary N) is 1. The number of hydrogen-bond donors (Lipinski definition) is 2. The number of fused-ring (bicyclic) bond motifs is 1. The first-order valence-electron chi connectivity index (χ1n) is 15.8. The van der Waals surface area contributed by atoms with Gasteiger partial charge >= 0.3 is 6.18 Å². The molecule has 1 aliphatic carbocycles. The molecule has 2 unspecified atom stereocenters. The molecule has 2 atom stereocenters. The highest BCUT2D eigenvalue weighted by molar-refractivity contribution is 7.99. The number of alkyl halides is 3. The maximum absolute atomic E-state index is 13.5. The van der Waals surface area contributed by atoms with E-state index in [0.29, 0.717) is 47.8 Å². The van der Waals surface area contributed by atoms with E-state index in [1.165, 1.54) is 36.0 Å². The van der Waals surface area contributed by atoms with Gasteiger partial charge in [0, 0.05) is 11.4 Å². The molecule has 4 aromatic rings. The molecule has 1 saturated heterocycles. The van der Waals surface area contributed by atoms with Crippen LogP contribution in [0, 0.1) is 11.7 Å². The van der Waals surface area contributed by atoms with Gasteiger partial charge in [0.05, 0.1) is 45.3 Å². The van der Waals surface area contributed by atoms with E-state index in [1.807, 2.05) is 56.6 Å². The van der Waals surface area contributed by atoms with Gasteiger partial charge < -0.3 is 24.4 Å². The Morgan fingerprint density at radius 3 is 2.18 bits per heavy atom. The zero-order valence-electron chi connectivity index (χ0n) is 27.1. The average molecular weight is 694 g/mol. The Bertz CT molecular complexity index is 1840. The van der Waals surface area contributed by atoms with E-state index in [4.69, 9.17) is 0 Å². The monoisotopic (exact) mass is 693 g/mol. The van der Waals surface area contributed by atoms with E-state index >= 15 is 0 Å². The van der Waals surface area contributed by atoms with E-state index in [-0.39, 0.29) is 18.3 Å². The normalized spacial score (nSPS) is 17.7. The number of hydrogen-bond acceptors (Lipinski definition) is 6. The number of carbonyl (C=O) groups excluding carboxylic acids is 1. The molecular formula is C36H37F4N6O2S+. The Hall–Kier alpha value is -4.46. The molecule has 13 heteroatoms. The van der Waals surface area contributed by atoms with Crippen LogP contribution in [0.15, 0.2) is 96.7 Å². The number of rotatable bonds is 12. The van der Waals surface area contributed by atoms with Crippen LogP contribution in [-0.4, -0.2) is 67.9 Å². The predicted octanol–water partition coefficient (Wildman–Crippen LogP) is 5.94. The summed E-state index contributed by atoms with van der Waals surface area (Å²) in [4.78, 5) is 15.2. The highest BCUT2D eigenvalue weighted by Gasteiger charge is 2.39. The fraction of sp³-hybridized carbons (Fsp3) is 0.306. The number of aliphatic hydroxyl groups excluding tert-OH is 1. The van der Waals surface area contributed by atoms with E-state index in [0.717, 1.165) is 40.3 Å². The number of aromatic nitrogens is 3. The van der Waals surface area contributed by atoms with Crippen LogP contribution >= 0.6 is 11.8 Å². The highest BCUT2D eigenvalue weighted by atomic mass is 32.2. The molecule has 1 aliphatic heterocycles. The lowest BCUT2D eigenvalue weighted by molar-refractivity contribution is -0.904. The zero-order chi connectivity index (χ0) is 34.8. The summed E-state index contributed by atoms with van der Waals surface area (Å²) in [6.45, 7) is 1.81. The van der Waals surface area contributed by atoms with Crippen LogP contribution in [0.4, 0.5) is 17.6 Å². The molecule has 0 spiro atoms. The highest BCUT2D eigenvalue weighted by Crippen LogP contribution is 2.35. The quantitative estimate of drug-likeness (QED) is 0.141. The van der Waals surface area contributed by atoms with Crippen molar-refractivity contribution in [3.63, 3.8) is 0 Å². The SMILES string of the molecule is C[N+](C)(CCO)Cc1nnc(CN2C3=CC=CC3C(=O)NC2SCc2ccc(F)cc2)n1Cc1ccc(-c2ccc(C(F)(F)F)cc2)cc1. The minimum absolute atomic E-state index is 0.0163. The third-order valence-corrected chi connectivity index (χ3v) is 9.89. The Labute approximate surface area is 286 Å². The van der Waals surface area contributed by atoms with Crippen molar-refractivity contribution in [3.8, 4) is 11.1 Å². The maximum Gasteiger partial charge on any atom is 0.416 e. The minimum atomic E-state index is -4.39. The van der Waals surface area contributed by atoms with Gasteiger partial charge in [0.15, 0.2) is 17.1 Å². The van der Waals surface area contributed by atoms with Gasteiger partial charge in [-0.2, -0.15) is 13.2 Å². The van der Waals surface area contributed by atoms with Crippen molar-refractivity contribution in [2.75, 3.05) is 27.2 Å². The number of thioether (sulfide) groups is 1. The Balaban J connectivity index is 1.28. The maximum atomic E-state index is 13.5. The third kappa shape index (κ3) is 8.06. The van der Waals surface area contributed by atoms with Crippen molar-refractivity contribution < 1.29 is 31.9 Å². The van der Waals surface area contributed by atoms with Gasteiger partial charge in [-0.3, -0.25) is 4.79 Å². The molecule has 2 N–H and O–H groups in total. The molecule has 0 bridgehead atoms. The van der Waals surface area contributed by atoms with Gasteiger partial charge in [-0.15, -0.1) is 22.0 Å². The molecule has 0 saturated carbocycles. The first-order chi connectivity index (χ1) is 23.4. The van der Waals surface area contributed by atoms with E-state index in [2.05, 4.69) is 25.0 Å². The van der Waals surface area contributed by atoms with Gasteiger partial charge in [0.2, 0.25) is 5.91 Å². The van der Waals surface area contributed by atoms with Gasteiger partial charge in [0.1, 0.15) is 18.9 Å². The summed E-state index contributed by atoms with van der Waals surface area (Å²) < 4.78 is 55.3. The van der Waals surface area contributed by atoms with Crippen molar-refractivity contribution in [1.82, 2.24) is 25.0 Å². The Morgan fingerprint density at radius 2 is 1.53 bits per heavy atom. The Kier molecular flexibility index (Phi) is 9.96. The standard InChI is InChI=1S/C36H36F4N6O2S/c1-46(2,18-19-47)22-33-43-42-32(45(33)20-24-6-10-26(11-7-24)27-12-14-28(15-13-27)36(38,39)40)21-44-31-5-3-4-30(31)34(48)41-35(44)49-23-25-8-16-29(37)17-9-25/h3-17,30,35,47H,18-23H2,1-2H3/p+1. The van der Waals surface area contributed by atoms with Crippen LogP contribution in [0.2, 0.25) is 0 Å². The molecule has 3 aromatic carbocycles. The molecule has 8 nitrogen and oxygen atoms in total. The number of likely N-dealkylation sites (N-methyl/N-ethyl adjacent to an activating group) is 1. The van der Waals surface area contributed by atoms with Crippen LogP contribution in [-0.2, 0) is 36.4 Å². The summed E-state index contributed by atoms with van der Waals surface area (Å²) in [6.07, 6.45) is 1.29. The summed E-state index contributed by atoms with van der Waals surface area (Å²) >= 11 is 1.52. The predicted molar refractivity (Wildman–Crippen MR) is 180 cm³/mol. The van der Waals surface area contributed by atoms with Crippen LogP contribution in [0.3, 0.4) is 0 Å². The molecule has 6 rings (SSSR count). The summed E-state index contributed by atoms with van der Waals surface area (Å²) in [7, 11) is 4.02. The number of aliphatic hydroxyl groups is 1. The van der Waals surface area contributed by atoms with Crippen LogP contribution in [0.1, 0.15) is 28.3 Å². The van der Waals surface area contributed by atoms with Crippen molar-refractivity contribution in [1.29, 1.82) is 0 Å². The summed E-state index contributed by atoms with van der Waals surface area (Å²) in [5, 5.41) is 22.0. The lowest BCUT2D eigenvalue weighted by Gasteiger charge is -2.41. The van der Waals surface area contributed by atoms with Crippen molar-refractivity contribution in [2.24, 2.45) is 5.92 Å². The topological polar surface area (TPSA) is 83.3 Å². The number of amides is 1. The summed E-state index contributed by atoms with van der Waals surface area (Å²) in [5.74, 6) is 1.13.